The minimum atomic E-state index is 0.243. The van der Waals surface area contributed by atoms with Crippen molar-refractivity contribution < 1.29 is 5.11 Å². The second-order valence-corrected chi connectivity index (χ2v) is 4.62. The van der Waals surface area contributed by atoms with E-state index in [2.05, 4.69) is 20.9 Å². The normalized spacial score (nSPS) is 17.8. The highest BCUT2D eigenvalue weighted by atomic mass is 16.3. The van der Waals surface area contributed by atoms with Gasteiger partial charge in [-0.3, -0.25) is 9.88 Å². The predicted molar refractivity (Wildman–Crippen MR) is 72.5 cm³/mol. The minimum Gasteiger partial charge on any atom is -0.395 e. The first-order valence-corrected chi connectivity index (χ1v) is 6.56. The average molecular weight is 250 g/mol. The molecular weight excluding hydrogens is 228 g/mol. The fourth-order valence-corrected chi connectivity index (χ4v) is 2.32. The van der Waals surface area contributed by atoms with Crippen molar-refractivity contribution in [3.8, 4) is 0 Å². The van der Waals surface area contributed by atoms with Crippen LogP contribution in [0.3, 0.4) is 0 Å². The fourth-order valence-electron chi connectivity index (χ4n) is 2.32. The van der Waals surface area contributed by atoms with E-state index in [4.69, 9.17) is 10.8 Å². The van der Waals surface area contributed by atoms with Gasteiger partial charge in [-0.2, -0.15) is 0 Å². The van der Waals surface area contributed by atoms with Gasteiger partial charge in [0, 0.05) is 32.7 Å². The van der Waals surface area contributed by atoms with Gasteiger partial charge in [-0.1, -0.05) is 0 Å². The molecule has 1 aliphatic rings. The molecule has 0 aliphatic carbocycles. The molecule has 0 atom stereocenters. The molecule has 18 heavy (non-hydrogen) atoms. The Kier molecular flexibility index (Phi) is 4.92. The Morgan fingerprint density at radius 3 is 2.78 bits per heavy atom. The Balaban J connectivity index is 1.96. The molecule has 100 valence electrons. The maximum atomic E-state index is 8.97. The van der Waals surface area contributed by atoms with E-state index in [1.807, 2.05) is 12.3 Å². The summed E-state index contributed by atoms with van der Waals surface area (Å²) in [7, 11) is 0. The first kappa shape index (κ1) is 13.3. The van der Waals surface area contributed by atoms with Gasteiger partial charge in [-0.05, 0) is 25.1 Å². The number of nitrogens with zero attached hydrogens (tertiary/aromatic N) is 3. The quantitative estimate of drug-likeness (QED) is 0.790. The van der Waals surface area contributed by atoms with Gasteiger partial charge in [-0.25, -0.2) is 0 Å². The molecule has 0 spiro atoms. The van der Waals surface area contributed by atoms with Gasteiger partial charge in [0.05, 0.1) is 24.2 Å². The van der Waals surface area contributed by atoms with Gasteiger partial charge in [-0.15, -0.1) is 0 Å². The molecule has 3 N–H and O–H groups in total. The summed E-state index contributed by atoms with van der Waals surface area (Å²) in [6.45, 7) is 5.61. The Morgan fingerprint density at radius 1 is 1.22 bits per heavy atom. The fraction of sp³-hybridized carbons (Fsp3) is 0.615. The summed E-state index contributed by atoms with van der Waals surface area (Å²) < 4.78 is 0. The van der Waals surface area contributed by atoms with E-state index in [0.29, 0.717) is 6.54 Å². The standard InChI is InChI=1S/C13H22N4O/c14-10-12-2-3-13(11-15-12)17-5-1-4-16(6-7-17)8-9-18/h2-3,11,18H,1,4-10,14H2. The molecule has 2 heterocycles. The Morgan fingerprint density at radius 2 is 2.11 bits per heavy atom. The predicted octanol–water partition coefficient (Wildman–Crippen LogP) is 0.0447. The van der Waals surface area contributed by atoms with Gasteiger partial charge in [0.15, 0.2) is 0 Å². The zero-order valence-electron chi connectivity index (χ0n) is 10.8. The molecule has 0 amide bonds. The number of β-amino-alcohol motifs (C(OH)–C–C–N with tert-alkyl or cyclic N) is 1. The molecule has 2 rings (SSSR count). The zero-order chi connectivity index (χ0) is 12.8. The highest BCUT2D eigenvalue weighted by Crippen LogP contribution is 2.15. The van der Waals surface area contributed by atoms with Crippen LogP contribution in [-0.4, -0.2) is 54.3 Å². The lowest BCUT2D eigenvalue weighted by Crippen LogP contribution is -2.32. The number of pyridine rings is 1. The number of nitrogens with two attached hydrogens (primary N) is 1. The molecule has 1 aromatic rings. The number of aromatic nitrogens is 1. The number of hydrogen-bond donors (Lipinski definition) is 2. The maximum absolute atomic E-state index is 8.97. The summed E-state index contributed by atoms with van der Waals surface area (Å²) in [4.78, 5) is 9.00. The molecule has 1 aromatic heterocycles. The third-order valence-corrected chi connectivity index (χ3v) is 3.39. The van der Waals surface area contributed by atoms with Crippen molar-refractivity contribution in [2.24, 2.45) is 5.73 Å². The lowest BCUT2D eigenvalue weighted by atomic mass is 10.3. The van der Waals surface area contributed by atoms with Crippen molar-refractivity contribution in [1.29, 1.82) is 0 Å². The molecule has 5 heteroatoms. The number of aliphatic hydroxyl groups excluding tert-OH is 1. The van der Waals surface area contributed by atoms with Crippen LogP contribution < -0.4 is 10.6 Å². The van der Waals surface area contributed by atoms with Crippen LogP contribution in [0.25, 0.3) is 0 Å². The number of aliphatic hydroxyl groups is 1. The van der Waals surface area contributed by atoms with Crippen LogP contribution in [0.4, 0.5) is 5.69 Å². The van der Waals surface area contributed by atoms with Gasteiger partial charge in [0.2, 0.25) is 0 Å². The summed E-state index contributed by atoms with van der Waals surface area (Å²) in [5, 5.41) is 8.97. The van der Waals surface area contributed by atoms with Crippen LogP contribution in [0.15, 0.2) is 18.3 Å². The average Bonchev–Trinajstić information content (AvgIpc) is 2.65. The van der Waals surface area contributed by atoms with Gasteiger partial charge < -0.3 is 15.7 Å². The summed E-state index contributed by atoms with van der Waals surface area (Å²) in [6, 6.07) is 4.09. The van der Waals surface area contributed by atoms with E-state index in [0.717, 1.165) is 50.5 Å². The molecule has 1 aliphatic heterocycles. The largest absolute Gasteiger partial charge is 0.395 e. The summed E-state index contributed by atoms with van der Waals surface area (Å²) in [6.07, 6.45) is 3.03. The summed E-state index contributed by atoms with van der Waals surface area (Å²) in [5.74, 6) is 0. The van der Waals surface area contributed by atoms with E-state index < -0.39 is 0 Å². The van der Waals surface area contributed by atoms with Gasteiger partial charge >= 0.3 is 0 Å². The second-order valence-electron chi connectivity index (χ2n) is 4.62. The molecule has 0 unspecified atom stereocenters. The molecule has 1 fully saturated rings. The van der Waals surface area contributed by atoms with Crippen molar-refractivity contribution in [3.05, 3.63) is 24.0 Å². The minimum absolute atomic E-state index is 0.243. The molecule has 0 radical (unpaired) electrons. The maximum Gasteiger partial charge on any atom is 0.0558 e. The second kappa shape index (κ2) is 6.68. The van der Waals surface area contributed by atoms with Crippen LogP contribution in [-0.2, 0) is 6.54 Å². The molecule has 0 saturated carbocycles. The van der Waals surface area contributed by atoms with Crippen LogP contribution in [0, 0.1) is 0 Å². The Bertz CT molecular complexity index is 355. The highest BCUT2D eigenvalue weighted by molar-refractivity contribution is 5.44. The van der Waals surface area contributed by atoms with E-state index in [-0.39, 0.29) is 6.61 Å². The third-order valence-electron chi connectivity index (χ3n) is 3.39. The topological polar surface area (TPSA) is 65.6 Å². The molecule has 1 saturated heterocycles. The Hall–Kier alpha value is -1.17. The van der Waals surface area contributed by atoms with Crippen LogP contribution in [0.5, 0.6) is 0 Å². The first-order valence-electron chi connectivity index (χ1n) is 6.56. The monoisotopic (exact) mass is 250 g/mol. The van der Waals surface area contributed by atoms with Crippen molar-refractivity contribution >= 4 is 5.69 Å². The van der Waals surface area contributed by atoms with Crippen LogP contribution >= 0.6 is 0 Å². The summed E-state index contributed by atoms with van der Waals surface area (Å²) >= 11 is 0. The van der Waals surface area contributed by atoms with Crippen LogP contribution in [0.2, 0.25) is 0 Å². The van der Waals surface area contributed by atoms with Gasteiger partial charge in [0.25, 0.3) is 0 Å². The van der Waals surface area contributed by atoms with Crippen molar-refractivity contribution in [3.63, 3.8) is 0 Å². The van der Waals surface area contributed by atoms with Crippen molar-refractivity contribution in [2.45, 2.75) is 13.0 Å². The molecular formula is C13H22N4O. The molecule has 5 nitrogen and oxygen atoms in total. The SMILES string of the molecule is NCc1ccc(N2CCCN(CCO)CC2)cn1. The lowest BCUT2D eigenvalue weighted by Gasteiger charge is -2.23. The van der Waals surface area contributed by atoms with Gasteiger partial charge in [0.1, 0.15) is 0 Å². The van der Waals surface area contributed by atoms with Crippen molar-refractivity contribution in [1.82, 2.24) is 9.88 Å². The summed E-state index contributed by atoms with van der Waals surface area (Å²) in [5.41, 5.74) is 7.64. The van der Waals surface area contributed by atoms with E-state index in [9.17, 15) is 0 Å². The van der Waals surface area contributed by atoms with E-state index in [1.165, 1.54) is 0 Å². The highest BCUT2D eigenvalue weighted by Gasteiger charge is 2.14. The number of rotatable bonds is 4. The number of anilines is 1. The van der Waals surface area contributed by atoms with Crippen molar-refractivity contribution in [2.75, 3.05) is 44.2 Å². The van der Waals surface area contributed by atoms with Crippen LogP contribution in [0.1, 0.15) is 12.1 Å². The first-order chi connectivity index (χ1) is 8.83. The number of hydrogen-bond acceptors (Lipinski definition) is 5. The third kappa shape index (κ3) is 3.41. The molecule has 0 aromatic carbocycles. The smallest absolute Gasteiger partial charge is 0.0558 e. The Labute approximate surface area is 108 Å². The van der Waals surface area contributed by atoms with E-state index >= 15 is 0 Å². The molecule has 0 bridgehead atoms. The van der Waals surface area contributed by atoms with E-state index in [1.54, 1.807) is 0 Å². The lowest BCUT2D eigenvalue weighted by molar-refractivity contribution is 0.204. The zero-order valence-corrected chi connectivity index (χ0v) is 10.8.